The quantitative estimate of drug-likeness (QED) is 0.658. The highest BCUT2D eigenvalue weighted by Crippen LogP contribution is 2.33. The normalized spacial score (nSPS) is 11.5. The van der Waals surface area contributed by atoms with E-state index in [1.54, 1.807) is 6.92 Å². The van der Waals surface area contributed by atoms with Gasteiger partial charge in [-0.3, -0.25) is 14.2 Å². The van der Waals surface area contributed by atoms with E-state index in [9.17, 15) is 22.8 Å². The van der Waals surface area contributed by atoms with Crippen molar-refractivity contribution < 1.29 is 18.0 Å². The average Bonchev–Trinajstić information content (AvgIpc) is 3.11. The highest BCUT2D eigenvalue weighted by Gasteiger charge is 2.40. The Morgan fingerprint density at radius 3 is 2.34 bits per heavy atom. The Hall–Kier alpha value is -2.78. The Labute approximate surface area is 172 Å². The van der Waals surface area contributed by atoms with E-state index >= 15 is 0 Å². The van der Waals surface area contributed by atoms with Crippen LogP contribution in [0.15, 0.2) is 47.5 Å². The van der Waals surface area contributed by atoms with Crippen molar-refractivity contribution in [3.05, 3.63) is 74.4 Å². The summed E-state index contributed by atoms with van der Waals surface area (Å²) >= 11 is 11.7. The number of hydrogen-bond donors (Lipinski definition) is 1. The van der Waals surface area contributed by atoms with Gasteiger partial charge in [0.05, 0.1) is 27.5 Å². The van der Waals surface area contributed by atoms with Crippen molar-refractivity contribution >= 4 is 29.1 Å². The number of halogens is 5. The lowest BCUT2D eigenvalue weighted by atomic mass is 10.2. The van der Waals surface area contributed by atoms with E-state index in [1.165, 1.54) is 35.0 Å². The number of hydrogen-bond acceptors (Lipinski definition) is 3. The number of nitrogens with zero attached hydrogens (tertiary/aromatic N) is 3. The van der Waals surface area contributed by atoms with Gasteiger partial charge >= 0.3 is 6.18 Å². The smallest absolute Gasteiger partial charge is 0.352 e. The van der Waals surface area contributed by atoms with Crippen LogP contribution in [0.2, 0.25) is 10.0 Å². The van der Waals surface area contributed by atoms with Gasteiger partial charge in [-0.05, 0) is 31.2 Å². The van der Waals surface area contributed by atoms with Crippen LogP contribution in [-0.2, 0) is 6.18 Å². The molecule has 0 aliphatic carbocycles. The van der Waals surface area contributed by atoms with Gasteiger partial charge in [0, 0.05) is 24.5 Å². The lowest BCUT2D eigenvalue weighted by molar-refractivity contribution is -0.143. The first-order valence-electron chi connectivity index (χ1n) is 8.25. The Bertz CT molecular complexity index is 1120. The second-order valence-corrected chi connectivity index (χ2v) is 6.68. The van der Waals surface area contributed by atoms with Crippen molar-refractivity contribution in [2.75, 3.05) is 6.54 Å². The van der Waals surface area contributed by atoms with Crippen molar-refractivity contribution in [1.29, 1.82) is 0 Å². The highest BCUT2D eigenvalue weighted by molar-refractivity contribution is 6.41. The summed E-state index contributed by atoms with van der Waals surface area (Å²) in [5.41, 5.74) is -1.81. The van der Waals surface area contributed by atoms with Crippen molar-refractivity contribution in [2.45, 2.75) is 13.1 Å². The van der Waals surface area contributed by atoms with Crippen molar-refractivity contribution in [3.8, 4) is 11.4 Å². The monoisotopic (exact) mass is 444 g/mol. The lowest BCUT2D eigenvalue weighted by Gasteiger charge is -2.13. The fraction of sp³-hybridized carbons (Fsp3) is 0.167. The van der Waals surface area contributed by atoms with E-state index in [1.807, 2.05) is 0 Å². The molecule has 6 nitrogen and oxygen atoms in total. The van der Waals surface area contributed by atoms with Crippen LogP contribution in [-0.4, -0.2) is 26.8 Å². The SMILES string of the molecule is CCNC(=O)c1cnn(-c2ccc(-n3cc(Cl)c(Cl)cc3=O)cc2)c1C(F)(F)F. The number of nitrogens with one attached hydrogen (secondary N) is 1. The first-order valence-corrected chi connectivity index (χ1v) is 9.01. The molecule has 0 atom stereocenters. The molecule has 1 N–H and O–H groups in total. The topological polar surface area (TPSA) is 68.9 Å². The third-order valence-electron chi connectivity index (χ3n) is 3.95. The first kappa shape index (κ1) is 20.9. The summed E-state index contributed by atoms with van der Waals surface area (Å²) in [6.45, 7) is 1.77. The molecule has 2 aromatic heterocycles. The molecule has 0 aliphatic heterocycles. The summed E-state index contributed by atoms with van der Waals surface area (Å²) in [7, 11) is 0. The van der Waals surface area contributed by atoms with E-state index in [0.29, 0.717) is 10.4 Å². The van der Waals surface area contributed by atoms with Gasteiger partial charge < -0.3 is 5.32 Å². The van der Waals surface area contributed by atoms with E-state index in [2.05, 4.69) is 10.4 Å². The summed E-state index contributed by atoms with van der Waals surface area (Å²) in [6.07, 6.45) is -2.63. The molecule has 152 valence electrons. The van der Waals surface area contributed by atoms with Crippen LogP contribution in [0.25, 0.3) is 11.4 Å². The standard InChI is InChI=1S/C18H13Cl2F3N4O2/c1-2-24-17(29)12-8-25-27(16(12)18(21,22)23)11-5-3-10(4-6-11)26-9-14(20)13(19)7-15(26)28/h3-9H,2H2,1H3,(H,24,29). The van der Waals surface area contributed by atoms with Gasteiger partial charge in [0.25, 0.3) is 11.5 Å². The molecular formula is C18H13Cl2F3N4O2. The zero-order chi connectivity index (χ0) is 21.3. The minimum absolute atomic E-state index is 0.0599. The molecule has 11 heteroatoms. The number of pyridine rings is 1. The second-order valence-electron chi connectivity index (χ2n) is 5.87. The Balaban J connectivity index is 2.06. The van der Waals surface area contributed by atoms with Crippen LogP contribution < -0.4 is 10.9 Å². The van der Waals surface area contributed by atoms with Crippen molar-refractivity contribution in [3.63, 3.8) is 0 Å². The summed E-state index contributed by atoms with van der Waals surface area (Å²) in [5.74, 6) is -0.870. The molecule has 0 fully saturated rings. The van der Waals surface area contributed by atoms with Crippen LogP contribution in [0.5, 0.6) is 0 Å². The zero-order valence-corrected chi connectivity index (χ0v) is 16.3. The van der Waals surface area contributed by atoms with Gasteiger partial charge in [-0.2, -0.15) is 18.3 Å². The maximum absolute atomic E-state index is 13.6. The number of carbonyl (C=O) groups is 1. The van der Waals surface area contributed by atoms with Gasteiger partial charge in [0.15, 0.2) is 5.69 Å². The van der Waals surface area contributed by atoms with Crippen LogP contribution in [0.3, 0.4) is 0 Å². The van der Waals surface area contributed by atoms with Crippen LogP contribution in [0, 0.1) is 0 Å². The Morgan fingerprint density at radius 1 is 1.14 bits per heavy atom. The molecule has 0 unspecified atom stereocenters. The molecule has 0 radical (unpaired) electrons. The maximum Gasteiger partial charge on any atom is 0.434 e. The first-order chi connectivity index (χ1) is 13.6. The molecule has 3 aromatic rings. The van der Waals surface area contributed by atoms with E-state index in [-0.39, 0.29) is 22.3 Å². The van der Waals surface area contributed by atoms with Crippen molar-refractivity contribution in [1.82, 2.24) is 19.7 Å². The van der Waals surface area contributed by atoms with Crippen LogP contribution >= 0.6 is 23.2 Å². The second kappa shape index (κ2) is 7.92. The number of carbonyl (C=O) groups excluding carboxylic acids is 1. The zero-order valence-electron chi connectivity index (χ0n) is 14.8. The number of rotatable bonds is 4. The number of alkyl halides is 3. The molecule has 2 heterocycles. The molecule has 1 amide bonds. The largest absolute Gasteiger partial charge is 0.434 e. The van der Waals surface area contributed by atoms with Gasteiger partial charge in [-0.1, -0.05) is 23.2 Å². The molecule has 1 aromatic carbocycles. The summed E-state index contributed by atoms with van der Waals surface area (Å²) in [5, 5.41) is 6.30. The minimum Gasteiger partial charge on any atom is -0.352 e. The number of aromatic nitrogens is 3. The third kappa shape index (κ3) is 4.15. The molecule has 0 saturated heterocycles. The van der Waals surface area contributed by atoms with Gasteiger partial charge in [0.2, 0.25) is 0 Å². The summed E-state index contributed by atoms with van der Waals surface area (Å²) in [4.78, 5) is 24.0. The van der Waals surface area contributed by atoms with Gasteiger partial charge in [0.1, 0.15) is 0 Å². The Kier molecular flexibility index (Phi) is 5.72. The number of benzene rings is 1. The lowest BCUT2D eigenvalue weighted by Crippen LogP contribution is -2.26. The van der Waals surface area contributed by atoms with E-state index in [4.69, 9.17) is 23.2 Å². The third-order valence-corrected chi connectivity index (χ3v) is 4.66. The molecular weight excluding hydrogens is 432 g/mol. The van der Waals surface area contributed by atoms with Gasteiger partial charge in [-0.15, -0.1) is 0 Å². The fourth-order valence-corrected chi connectivity index (χ4v) is 2.97. The average molecular weight is 445 g/mol. The summed E-state index contributed by atoms with van der Waals surface area (Å²) in [6, 6.07) is 6.66. The maximum atomic E-state index is 13.6. The molecule has 0 bridgehead atoms. The van der Waals surface area contributed by atoms with Crippen LogP contribution in [0.4, 0.5) is 13.2 Å². The fourth-order valence-electron chi connectivity index (χ4n) is 2.68. The molecule has 0 saturated carbocycles. The summed E-state index contributed by atoms with van der Waals surface area (Å²) < 4.78 is 42.6. The molecule has 29 heavy (non-hydrogen) atoms. The minimum atomic E-state index is -4.81. The van der Waals surface area contributed by atoms with Crippen molar-refractivity contribution in [2.24, 2.45) is 0 Å². The predicted molar refractivity (Wildman–Crippen MR) is 102 cm³/mol. The van der Waals surface area contributed by atoms with E-state index in [0.717, 1.165) is 12.3 Å². The Morgan fingerprint density at radius 2 is 1.76 bits per heavy atom. The molecule has 3 rings (SSSR count). The van der Waals surface area contributed by atoms with Crippen LogP contribution in [0.1, 0.15) is 23.0 Å². The predicted octanol–water partition coefficient (Wildman–Crippen LogP) is 4.10. The van der Waals surface area contributed by atoms with Gasteiger partial charge in [-0.25, -0.2) is 4.68 Å². The highest BCUT2D eigenvalue weighted by atomic mass is 35.5. The number of amides is 1. The molecule has 0 spiro atoms. The molecule has 0 aliphatic rings. The van der Waals surface area contributed by atoms with E-state index < -0.39 is 28.9 Å².